The van der Waals surface area contributed by atoms with Crippen molar-refractivity contribution in [1.82, 2.24) is 14.7 Å². The van der Waals surface area contributed by atoms with E-state index in [1.165, 1.54) is 43.3 Å². The first-order valence-corrected chi connectivity index (χ1v) is 19.0. The van der Waals surface area contributed by atoms with Gasteiger partial charge in [-0.25, -0.2) is 18.0 Å². The molecule has 1 aliphatic heterocycles. The third-order valence-corrected chi connectivity index (χ3v) is 10.4. The molecule has 1 fully saturated rings. The molecule has 0 spiro atoms. The molecular formula is C33H46N4O13S2. The average Bonchev–Trinajstić information content (AvgIpc) is 3.51. The lowest BCUT2D eigenvalue weighted by atomic mass is 10.2. The van der Waals surface area contributed by atoms with Crippen LogP contribution in [0.5, 0.6) is 11.5 Å². The minimum Gasteiger partial charge on any atom is -0.493 e. The lowest BCUT2D eigenvalue weighted by Gasteiger charge is -2.27. The van der Waals surface area contributed by atoms with Gasteiger partial charge in [0.05, 0.1) is 20.3 Å². The second-order valence-corrected chi connectivity index (χ2v) is 16.8. The Balaban J connectivity index is 1.69. The van der Waals surface area contributed by atoms with Crippen LogP contribution in [0.3, 0.4) is 0 Å². The summed E-state index contributed by atoms with van der Waals surface area (Å²) in [7, 11) is -8.06. The van der Waals surface area contributed by atoms with E-state index in [1.54, 1.807) is 41.5 Å². The van der Waals surface area contributed by atoms with E-state index in [-0.39, 0.29) is 49.7 Å². The molecule has 1 atom stereocenters. The van der Waals surface area contributed by atoms with Gasteiger partial charge in [-0.1, -0.05) is 18.2 Å². The van der Waals surface area contributed by atoms with Gasteiger partial charge in [0.15, 0.2) is 0 Å². The highest BCUT2D eigenvalue weighted by Crippen LogP contribution is 2.34. The average molecular weight is 771 g/mol. The van der Waals surface area contributed by atoms with Crippen molar-refractivity contribution in [2.75, 3.05) is 26.9 Å². The predicted molar refractivity (Wildman–Crippen MR) is 186 cm³/mol. The molecular weight excluding hydrogens is 725 g/mol. The maximum Gasteiger partial charge on any atom is 0.442 e. The van der Waals surface area contributed by atoms with Gasteiger partial charge in [-0.05, 0) is 85.1 Å². The van der Waals surface area contributed by atoms with Gasteiger partial charge >= 0.3 is 28.3 Å². The number of amides is 2. The monoisotopic (exact) mass is 770 g/mol. The fourth-order valence-corrected chi connectivity index (χ4v) is 8.45. The number of carbonyl (C=O) groups is 3. The van der Waals surface area contributed by atoms with Crippen molar-refractivity contribution < 1.29 is 59.2 Å². The van der Waals surface area contributed by atoms with Gasteiger partial charge in [0.1, 0.15) is 38.5 Å². The van der Waals surface area contributed by atoms with Gasteiger partial charge in [0.25, 0.3) is 0 Å². The van der Waals surface area contributed by atoms with Crippen molar-refractivity contribution in [3.63, 3.8) is 0 Å². The van der Waals surface area contributed by atoms with E-state index >= 15 is 0 Å². The fraction of sp³-hybridized carbons (Fsp3) is 0.515. The number of nitrogens with zero attached hydrogens (tertiary/aromatic N) is 2. The number of nitrogens with one attached hydrogen (secondary N) is 2. The molecule has 2 N–H and O–H groups in total. The first-order valence-electron chi connectivity index (χ1n) is 16.2. The number of hydrogen-bond donors (Lipinski definition) is 2. The van der Waals surface area contributed by atoms with Crippen molar-refractivity contribution in [2.45, 2.75) is 94.8 Å². The number of benzene rings is 2. The van der Waals surface area contributed by atoms with Gasteiger partial charge in [0, 0.05) is 19.0 Å². The molecule has 1 saturated heterocycles. The number of ether oxygens (including phenoxy) is 4. The molecule has 1 aliphatic rings. The Morgan fingerprint density at radius 3 is 2.21 bits per heavy atom. The smallest absolute Gasteiger partial charge is 0.442 e. The van der Waals surface area contributed by atoms with Crippen LogP contribution in [0.2, 0.25) is 0 Å². The second-order valence-electron chi connectivity index (χ2n) is 13.5. The topological polar surface area (TPSA) is 217 Å². The molecule has 52 heavy (non-hydrogen) atoms. The Kier molecular flexibility index (Phi) is 13.6. The summed E-state index contributed by atoms with van der Waals surface area (Å²) in [6, 6.07) is 8.46. The molecule has 3 rings (SSSR count). The standard InChI is InChI=1S/C33H46N4O13S2/c1-22-13-9-17-26(27(22)51(41,42)36-18-11-16-25(36)28(38)45-8)52(43,44)50-24-15-10-14-23(21-24)46-19-12-20-47-37(31(40)49-33(5,6)7)29(34)35-30(39)48-32(2,3)4/h9-10,13-15,17,21,25H,11-12,16,18-20H2,1-8H3,(H2,34,35,39). The summed E-state index contributed by atoms with van der Waals surface area (Å²) < 4.78 is 81.9. The summed E-state index contributed by atoms with van der Waals surface area (Å²) in [6.07, 6.45) is -1.28. The molecule has 1 heterocycles. The van der Waals surface area contributed by atoms with Gasteiger partial charge < -0.3 is 23.1 Å². The van der Waals surface area contributed by atoms with Crippen LogP contribution in [0.25, 0.3) is 0 Å². The number of hydroxylamine groups is 2. The fourth-order valence-electron chi connectivity index (χ4n) is 4.82. The van der Waals surface area contributed by atoms with Crippen LogP contribution in [0.1, 0.15) is 66.4 Å². The molecule has 0 bridgehead atoms. The minimum atomic E-state index is -4.73. The van der Waals surface area contributed by atoms with Crippen LogP contribution < -0.4 is 14.2 Å². The highest BCUT2D eigenvalue weighted by molar-refractivity contribution is 7.91. The second kappa shape index (κ2) is 16.9. The van der Waals surface area contributed by atoms with Gasteiger partial charge in [-0.15, -0.1) is 5.06 Å². The number of esters is 1. The third-order valence-electron chi connectivity index (χ3n) is 6.86. The third kappa shape index (κ3) is 11.5. The van der Waals surface area contributed by atoms with Gasteiger partial charge in [-0.2, -0.15) is 12.7 Å². The number of methoxy groups -OCH3 is 1. The number of carbonyl (C=O) groups excluding carboxylic acids is 3. The Morgan fingerprint density at radius 2 is 1.58 bits per heavy atom. The Hall–Kier alpha value is -4.46. The van der Waals surface area contributed by atoms with Crippen LogP contribution in [0.15, 0.2) is 52.3 Å². The van der Waals surface area contributed by atoms with Crippen LogP contribution in [-0.2, 0) is 44.0 Å². The quantitative estimate of drug-likeness (QED) is 0.0579. The summed E-state index contributed by atoms with van der Waals surface area (Å²) in [5.41, 5.74) is -1.66. The van der Waals surface area contributed by atoms with Crippen LogP contribution in [0.4, 0.5) is 9.59 Å². The molecule has 0 aliphatic carbocycles. The molecule has 19 heteroatoms. The van der Waals surface area contributed by atoms with Crippen molar-refractivity contribution in [1.29, 1.82) is 5.41 Å². The maximum absolute atomic E-state index is 13.8. The van der Waals surface area contributed by atoms with E-state index < -0.39 is 71.3 Å². The number of sulfonamides is 1. The molecule has 0 aromatic heterocycles. The summed E-state index contributed by atoms with van der Waals surface area (Å²) in [4.78, 5) is 41.5. The summed E-state index contributed by atoms with van der Waals surface area (Å²) >= 11 is 0. The highest BCUT2D eigenvalue weighted by Gasteiger charge is 2.43. The number of aryl methyl sites for hydroxylation is 1. The van der Waals surface area contributed by atoms with E-state index in [4.69, 9.17) is 33.4 Å². The van der Waals surface area contributed by atoms with E-state index in [1.807, 2.05) is 0 Å². The van der Waals surface area contributed by atoms with Crippen molar-refractivity contribution >= 4 is 44.3 Å². The largest absolute Gasteiger partial charge is 0.493 e. The van der Waals surface area contributed by atoms with Crippen LogP contribution >= 0.6 is 0 Å². The van der Waals surface area contributed by atoms with Crippen molar-refractivity contribution in [3.05, 3.63) is 48.0 Å². The first-order chi connectivity index (χ1) is 24.1. The van der Waals surface area contributed by atoms with E-state index in [0.717, 1.165) is 17.5 Å². The summed E-state index contributed by atoms with van der Waals surface area (Å²) in [5.74, 6) is -1.48. The van der Waals surface area contributed by atoms with E-state index in [0.29, 0.717) is 11.5 Å². The van der Waals surface area contributed by atoms with Crippen molar-refractivity contribution in [2.24, 2.45) is 0 Å². The van der Waals surface area contributed by atoms with Gasteiger partial charge in [0.2, 0.25) is 16.0 Å². The normalized spacial score (nSPS) is 15.3. The summed E-state index contributed by atoms with van der Waals surface area (Å²) in [6.45, 7) is 11.0. The highest BCUT2D eigenvalue weighted by atomic mass is 32.2. The minimum absolute atomic E-state index is 0.00569. The summed E-state index contributed by atoms with van der Waals surface area (Å²) in [5, 5.41) is 10.8. The Bertz CT molecular complexity index is 1850. The number of guanidine groups is 1. The molecule has 2 aromatic carbocycles. The van der Waals surface area contributed by atoms with E-state index in [9.17, 15) is 31.2 Å². The van der Waals surface area contributed by atoms with E-state index in [2.05, 4.69) is 5.32 Å². The molecule has 2 aromatic rings. The Labute approximate surface area is 304 Å². The molecule has 0 radical (unpaired) electrons. The van der Waals surface area contributed by atoms with Crippen LogP contribution in [-0.4, -0.2) is 94.4 Å². The molecule has 2 amide bonds. The lowest BCUT2D eigenvalue weighted by Crippen LogP contribution is -2.49. The zero-order valence-corrected chi connectivity index (χ0v) is 32.0. The first kappa shape index (κ1) is 42.0. The van der Waals surface area contributed by atoms with Crippen LogP contribution in [0, 0.1) is 12.3 Å². The zero-order chi connectivity index (χ0) is 39.1. The molecule has 17 nitrogen and oxygen atoms in total. The SMILES string of the molecule is COC(=O)C1CCCN1S(=O)(=O)c1c(C)cccc1S(=O)(=O)Oc1cccc(OCCCON(C(=N)NC(=O)OC(C)(C)C)C(=O)OC(C)(C)C)c1. The number of hydrogen-bond acceptors (Lipinski definition) is 14. The molecule has 288 valence electrons. The van der Waals surface area contributed by atoms with Gasteiger partial charge in [-0.3, -0.25) is 20.4 Å². The molecule has 0 saturated carbocycles. The zero-order valence-electron chi connectivity index (χ0n) is 30.4. The maximum atomic E-state index is 13.8. The molecule has 1 unspecified atom stereocenters. The Morgan fingerprint density at radius 1 is 0.942 bits per heavy atom. The lowest BCUT2D eigenvalue weighted by molar-refractivity contribution is -0.144. The number of alkyl carbamates (subject to hydrolysis) is 1. The number of rotatable bonds is 12. The van der Waals surface area contributed by atoms with Crippen molar-refractivity contribution in [3.8, 4) is 11.5 Å². The predicted octanol–water partition coefficient (Wildman–Crippen LogP) is 4.49.